The Morgan fingerprint density at radius 2 is 1.65 bits per heavy atom. The second-order valence-electron chi connectivity index (χ2n) is 18.4. The summed E-state index contributed by atoms with van der Waals surface area (Å²) in [7, 11) is 0. The molecule has 0 unspecified atom stereocenters. The number of nitrogens with zero attached hydrogens (tertiary/aromatic N) is 1. The first-order valence-electron chi connectivity index (χ1n) is 21.8. The van der Waals surface area contributed by atoms with Gasteiger partial charge in [-0.2, -0.15) is 0 Å². The summed E-state index contributed by atoms with van der Waals surface area (Å²) in [5.41, 5.74) is -5.48. The molecule has 2 aliphatic heterocycles. The molecule has 2 aromatic carbocycles. The smallest absolute Gasteiger partial charge is 0.253 e. The number of carbonyl (C=O) groups excluding carboxylic acids is 6. The van der Waals surface area contributed by atoms with E-state index in [1.54, 1.807) is 38.1 Å². The van der Waals surface area contributed by atoms with Gasteiger partial charge in [-0.15, -0.1) is 0 Å². The molecule has 0 spiro atoms. The van der Waals surface area contributed by atoms with Gasteiger partial charge in [0.15, 0.2) is 34.8 Å². The van der Waals surface area contributed by atoms with E-state index < -0.39 is 113 Å². The predicted octanol–water partition coefficient (Wildman–Crippen LogP) is 4.08. The van der Waals surface area contributed by atoms with E-state index in [1.807, 2.05) is 0 Å². The highest BCUT2D eigenvalue weighted by molar-refractivity contribution is 6.13. The number of halogens is 2. The molecule has 3 saturated carbocycles. The maximum absolute atomic E-state index is 17.8. The lowest BCUT2D eigenvalue weighted by Gasteiger charge is -2.63. The summed E-state index contributed by atoms with van der Waals surface area (Å²) < 4.78 is 52.7. The minimum absolute atomic E-state index is 0.0319. The number of amides is 5. The van der Waals surface area contributed by atoms with Crippen molar-refractivity contribution in [3.8, 4) is 17.2 Å². The van der Waals surface area contributed by atoms with E-state index in [0.29, 0.717) is 16.8 Å². The number of rotatable bonds is 13. The van der Waals surface area contributed by atoms with Gasteiger partial charge in [0.05, 0.1) is 12.2 Å². The number of aliphatic hydroxyl groups is 2. The molecule has 350 valence electrons. The fraction of sp³-hybridized carbons (Fsp3) is 0.458. The lowest BCUT2D eigenvalue weighted by Crippen LogP contribution is -2.70. The van der Waals surface area contributed by atoms with Crippen molar-refractivity contribution >= 4 is 41.0 Å². The summed E-state index contributed by atoms with van der Waals surface area (Å²) in [6, 6.07) is 8.41. The maximum Gasteiger partial charge on any atom is 0.253 e. The minimum atomic E-state index is -2.29. The van der Waals surface area contributed by atoms with Gasteiger partial charge in [-0.1, -0.05) is 31.7 Å². The number of aromatic hydroxyl groups is 1. The van der Waals surface area contributed by atoms with Crippen LogP contribution in [0.25, 0.3) is 0 Å². The number of fused-ring (bicyclic) bond motifs is 7. The summed E-state index contributed by atoms with van der Waals surface area (Å²) in [6.07, 6.45) is 0.981. The van der Waals surface area contributed by atoms with Gasteiger partial charge < -0.3 is 45.5 Å². The van der Waals surface area contributed by atoms with E-state index in [-0.39, 0.29) is 55.0 Å². The number of ether oxygens (including phenoxy) is 3. The van der Waals surface area contributed by atoms with E-state index in [1.165, 1.54) is 50.2 Å². The summed E-state index contributed by atoms with van der Waals surface area (Å²) in [4.78, 5) is 76.1. The molecule has 5 amide bonds. The van der Waals surface area contributed by atoms with Gasteiger partial charge in [-0.05, 0) is 99.6 Å². The molecule has 0 aromatic heterocycles. The standard InChI is InChI=1S/C48H52F2N4O12/c1-24-14-16-45(4)32(18-24)33(49)20-31-30-21-38-48(37(58)23-55,46(30,5)22-36(57)47(31,45)50)66-44(65-38)27-6-11-35(34(56)19-27)64-29-9-7-28(8-10-29)53-43(63)26(3)52-42(62)25(2)51-39(59)15-17-54-40(60)12-13-41(54)61/h6-14,16,18-19,25-26,30-31,33,36,38,44,55-57H,1,15,17,20-23H2,2-5H3,(H,51,59)(H,52,62)(H,53,63)/t25-,26-,30-,31-,33-,36-,38+,44+,45-,46-,47-,48+/m0/s1. The molecule has 0 bridgehead atoms. The van der Waals surface area contributed by atoms with E-state index in [2.05, 4.69) is 22.5 Å². The Balaban J connectivity index is 0.882. The number of Topliss-reactive ketones (excluding diaryl/α,β-unsaturated/α-hetero) is 1. The summed E-state index contributed by atoms with van der Waals surface area (Å²) in [6.45, 7) is 8.98. The molecule has 2 heterocycles. The lowest BCUT2D eigenvalue weighted by molar-refractivity contribution is -0.235. The SMILES string of the molecule is C=C1C=C[C@@]2(C)C(=C1)[C@@H](F)C[C@H]1[C@@H]3C[C@H]4O[C@@H](c5ccc(Oc6ccc(NC(=O)[C@H](C)NC(=O)[C@H](C)NC(=O)CCN7C(=O)C=CC7=O)cc6)c(O)c5)O[C@@]4(C(=O)CO)[C@@]3(C)C[C@H](O)[C@@]12F. The number of alkyl halides is 2. The monoisotopic (exact) mass is 914 g/mol. The van der Waals surface area contributed by atoms with Crippen LogP contribution in [-0.4, -0.2) is 110 Å². The fourth-order valence-electron chi connectivity index (χ4n) is 11.2. The Morgan fingerprint density at radius 3 is 2.32 bits per heavy atom. The average Bonchev–Trinajstić information content (AvgIpc) is 3.90. The van der Waals surface area contributed by atoms with Crippen LogP contribution in [0.3, 0.4) is 0 Å². The van der Waals surface area contributed by atoms with Crippen LogP contribution in [0.4, 0.5) is 14.5 Å². The Labute approximate surface area is 378 Å². The average molecular weight is 915 g/mol. The summed E-state index contributed by atoms with van der Waals surface area (Å²) >= 11 is 0. The van der Waals surface area contributed by atoms with Crippen molar-refractivity contribution in [3.63, 3.8) is 0 Å². The number of allylic oxidation sites excluding steroid dienone is 5. The Morgan fingerprint density at radius 1 is 0.970 bits per heavy atom. The molecule has 66 heavy (non-hydrogen) atoms. The second-order valence-corrected chi connectivity index (χ2v) is 18.4. The Bertz CT molecular complexity index is 2480. The van der Waals surface area contributed by atoms with Crippen molar-refractivity contribution in [1.82, 2.24) is 15.5 Å². The van der Waals surface area contributed by atoms with Gasteiger partial charge >= 0.3 is 0 Å². The number of phenols is 1. The third-order valence-corrected chi connectivity index (χ3v) is 14.6. The largest absolute Gasteiger partial charge is 0.504 e. The van der Waals surface area contributed by atoms with Crippen LogP contribution in [0, 0.1) is 22.7 Å². The van der Waals surface area contributed by atoms with Crippen LogP contribution in [0.5, 0.6) is 17.2 Å². The van der Waals surface area contributed by atoms with Gasteiger partial charge in [0.1, 0.15) is 30.6 Å². The molecular formula is C48H52F2N4O12. The zero-order valence-corrected chi connectivity index (χ0v) is 36.7. The highest BCUT2D eigenvalue weighted by Gasteiger charge is 2.80. The maximum atomic E-state index is 17.8. The Hall–Kier alpha value is -6.08. The first-order valence-corrected chi connectivity index (χ1v) is 21.8. The highest BCUT2D eigenvalue weighted by Crippen LogP contribution is 2.73. The number of benzene rings is 2. The van der Waals surface area contributed by atoms with E-state index in [9.17, 15) is 44.1 Å². The number of aliphatic hydroxyl groups excluding tert-OH is 2. The van der Waals surface area contributed by atoms with Crippen molar-refractivity contribution in [1.29, 1.82) is 0 Å². The molecule has 2 aromatic rings. The number of imide groups is 1. The Kier molecular flexibility index (Phi) is 11.9. The van der Waals surface area contributed by atoms with E-state index in [0.717, 1.165) is 17.1 Å². The molecule has 0 radical (unpaired) electrons. The lowest BCUT2D eigenvalue weighted by atomic mass is 9.44. The first kappa shape index (κ1) is 46.4. The van der Waals surface area contributed by atoms with Crippen LogP contribution in [-0.2, 0) is 38.2 Å². The van der Waals surface area contributed by atoms with Gasteiger partial charge in [-0.25, -0.2) is 8.78 Å². The number of anilines is 1. The minimum Gasteiger partial charge on any atom is -0.504 e. The second kappa shape index (κ2) is 17.0. The molecule has 6 N–H and O–H groups in total. The van der Waals surface area contributed by atoms with Crippen LogP contribution in [0.15, 0.2) is 90.6 Å². The molecule has 1 saturated heterocycles. The molecular weight excluding hydrogens is 863 g/mol. The van der Waals surface area contributed by atoms with Crippen LogP contribution in [0.1, 0.15) is 65.2 Å². The predicted molar refractivity (Wildman–Crippen MR) is 231 cm³/mol. The van der Waals surface area contributed by atoms with Crippen LogP contribution < -0.4 is 20.7 Å². The molecule has 16 nitrogen and oxygen atoms in total. The number of ketones is 1. The molecule has 4 aliphatic carbocycles. The van der Waals surface area contributed by atoms with Gasteiger partial charge in [-0.3, -0.25) is 33.7 Å². The zero-order chi connectivity index (χ0) is 47.7. The fourth-order valence-corrected chi connectivity index (χ4v) is 11.2. The number of hydrogen-bond donors (Lipinski definition) is 6. The van der Waals surface area contributed by atoms with Crippen molar-refractivity contribution in [2.24, 2.45) is 22.7 Å². The van der Waals surface area contributed by atoms with E-state index >= 15 is 8.78 Å². The third kappa shape index (κ3) is 7.43. The summed E-state index contributed by atoms with van der Waals surface area (Å²) in [5, 5.41) is 40.9. The van der Waals surface area contributed by atoms with Crippen LogP contribution in [0.2, 0.25) is 0 Å². The summed E-state index contributed by atoms with van der Waals surface area (Å²) in [5.74, 6) is -5.27. The van der Waals surface area contributed by atoms with Gasteiger partial charge in [0, 0.05) is 53.1 Å². The quantitative estimate of drug-likeness (QED) is 0.156. The number of nitrogens with one attached hydrogen (secondary N) is 3. The highest BCUT2D eigenvalue weighted by atomic mass is 19.1. The van der Waals surface area contributed by atoms with Crippen molar-refractivity contribution in [3.05, 3.63) is 96.1 Å². The zero-order valence-electron chi connectivity index (χ0n) is 36.7. The van der Waals surface area contributed by atoms with E-state index in [4.69, 9.17) is 14.2 Å². The normalized spacial score (nSPS) is 33.8. The van der Waals surface area contributed by atoms with Gasteiger partial charge in [0.25, 0.3) is 11.8 Å². The molecule has 6 aliphatic rings. The van der Waals surface area contributed by atoms with Crippen molar-refractivity contribution < 1.29 is 67.1 Å². The van der Waals surface area contributed by atoms with Crippen LogP contribution >= 0.6 is 0 Å². The molecule has 8 rings (SSSR count). The molecule has 12 atom stereocenters. The molecule has 18 heteroatoms. The van der Waals surface area contributed by atoms with Gasteiger partial charge in [0.2, 0.25) is 17.7 Å². The van der Waals surface area contributed by atoms with Crippen molar-refractivity contribution in [2.75, 3.05) is 18.5 Å². The number of carbonyl (C=O) groups is 6. The molecule has 4 fully saturated rings. The number of phenolic OH excluding ortho intramolecular Hbond substituents is 1. The topological polar surface area (TPSA) is 230 Å². The first-order chi connectivity index (χ1) is 31.2. The van der Waals surface area contributed by atoms with Crippen molar-refractivity contribution in [2.45, 2.75) is 101 Å². The number of hydrogen-bond acceptors (Lipinski definition) is 12. The third-order valence-electron chi connectivity index (χ3n) is 14.6.